The number of carbonyl (C=O) groups is 4. The Labute approximate surface area is 201 Å². The highest BCUT2D eigenvalue weighted by Gasteiger charge is 2.34. The molecular weight excluding hydrogens is 440 g/mol. The van der Waals surface area contributed by atoms with Gasteiger partial charge < -0.3 is 31.8 Å². The molecule has 0 radical (unpaired) electrons. The summed E-state index contributed by atoms with van der Waals surface area (Å²) in [7, 11) is 0. The number of hydrogen-bond donors (Lipinski definition) is 6. The number of imidazole rings is 1. The molecule has 0 aliphatic carbocycles. The lowest BCUT2D eigenvalue weighted by atomic mass is 9.95. The van der Waals surface area contributed by atoms with Crippen molar-refractivity contribution in [1.82, 2.24) is 25.9 Å². The van der Waals surface area contributed by atoms with Gasteiger partial charge in [-0.1, -0.05) is 54.4 Å². The van der Waals surface area contributed by atoms with Crippen LogP contribution in [0, 0.1) is 17.8 Å². The van der Waals surface area contributed by atoms with Gasteiger partial charge in [0.15, 0.2) is 0 Å². The van der Waals surface area contributed by atoms with E-state index in [2.05, 4.69) is 25.9 Å². The lowest BCUT2D eigenvalue weighted by molar-refractivity contribution is -0.144. The molecule has 3 amide bonds. The highest BCUT2D eigenvalue weighted by atomic mass is 16.4. The Morgan fingerprint density at radius 1 is 0.941 bits per heavy atom. The SMILES string of the molecule is CCC(C)C(NC(=O)C(NC(=O)C(Cc1cnc[nH]1)NC(=O)C(N)C(C)C)C(C)CC)C(=O)O. The number of carboxylic acid groups (broad SMARTS) is 1. The number of H-pyrrole nitrogens is 1. The monoisotopic (exact) mass is 480 g/mol. The molecule has 1 aromatic rings. The van der Waals surface area contributed by atoms with E-state index in [4.69, 9.17) is 5.73 Å². The molecule has 6 unspecified atom stereocenters. The Morgan fingerprint density at radius 3 is 1.97 bits per heavy atom. The normalized spacial score (nSPS) is 16.6. The zero-order valence-electron chi connectivity index (χ0n) is 20.9. The van der Waals surface area contributed by atoms with E-state index < -0.39 is 47.9 Å². The van der Waals surface area contributed by atoms with E-state index in [0.717, 1.165) is 0 Å². The first-order valence-corrected chi connectivity index (χ1v) is 11.8. The molecule has 6 atom stereocenters. The first-order chi connectivity index (χ1) is 15.9. The molecule has 0 saturated carbocycles. The van der Waals surface area contributed by atoms with Crippen LogP contribution >= 0.6 is 0 Å². The second kappa shape index (κ2) is 13.7. The molecule has 1 heterocycles. The minimum absolute atomic E-state index is 0.113. The van der Waals surface area contributed by atoms with Gasteiger partial charge >= 0.3 is 5.97 Å². The molecule has 0 spiro atoms. The lowest BCUT2D eigenvalue weighted by Crippen LogP contribution is -2.60. The van der Waals surface area contributed by atoms with Gasteiger partial charge in [-0.25, -0.2) is 9.78 Å². The third-order valence-electron chi connectivity index (χ3n) is 6.20. The van der Waals surface area contributed by atoms with Crippen molar-refractivity contribution in [2.45, 2.75) is 85.0 Å². The van der Waals surface area contributed by atoms with Crippen molar-refractivity contribution in [3.8, 4) is 0 Å². The average Bonchev–Trinajstić information content (AvgIpc) is 3.31. The van der Waals surface area contributed by atoms with Crippen LogP contribution in [-0.2, 0) is 25.6 Å². The fraction of sp³-hybridized carbons (Fsp3) is 0.696. The Bertz CT molecular complexity index is 813. The van der Waals surface area contributed by atoms with Crippen LogP contribution in [0.5, 0.6) is 0 Å². The second-order valence-corrected chi connectivity index (χ2v) is 9.19. The largest absolute Gasteiger partial charge is 0.480 e. The summed E-state index contributed by atoms with van der Waals surface area (Å²) < 4.78 is 0. The summed E-state index contributed by atoms with van der Waals surface area (Å²) in [6.45, 7) is 10.8. The first-order valence-electron chi connectivity index (χ1n) is 11.8. The van der Waals surface area contributed by atoms with Crippen LogP contribution in [0.3, 0.4) is 0 Å². The standard InChI is InChI=1S/C23H40N6O5/c1-7-13(5)18(22(32)29-19(23(33)34)14(6)8-2)28-20(30)16(9-15-10-25-11-26-15)27-21(31)17(24)12(3)4/h10-14,16-19H,7-9,24H2,1-6H3,(H,25,26)(H,27,31)(H,28,30)(H,29,32)(H,33,34). The number of nitrogens with zero attached hydrogens (tertiary/aromatic N) is 1. The van der Waals surface area contributed by atoms with Crippen molar-refractivity contribution < 1.29 is 24.3 Å². The summed E-state index contributed by atoms with van der Waals surface area (Å²) >= 11 is 0. The highest BCUT2D eigenvalue weighted by Crippen LogP contribution is 2.13. The van der Waals surface area contributed by atoms with Crippen LogP contribution in [0.4, 0.5) is 0 Å². The summed E-state index contributed by atoms with van der Waals surface area (Å²) in [6, 6.07) is -3.88. The Morgan fingerprint density at radius 2 is 1.50 bits per heavy atom. The maximum absolute atomic E-state index is 13.2. The zero-order valence-corrected chi connectivity index (χ0v) is 20.9. The number of hydrogen-bond acceptors (Lipinski definition) is 6. The fourth-order valence-electron chi connectivity index (χ4n) is 3.28. The second-order valence-electron chi connectivity index (χ2n) is 9.19. The molecule has 1 rings (SSSR count). The van der Waals surface area contributed by atoms with Crippen molar-refractivity contribution in [2.24, 2.45) is 23.5 Å². The van der Waals surface area contributed by atoms with Gasteiger partial charge in [-0.3, -0.25) is 14.4 Å². The molecule has 11 nitrogen and oxygen atoms in total. The van der Waals surface area contributed by atoms with Crippen molar-refractivity contribution in [2.75, 3.05) is 0 Å². The van der Waals surface area contributed by atoms with Crippen LogP contribution in [-0.4, -0.2) is 62.9 Å². The summed E-state index contributed by atoms with van der Waals surface area (Å²) in [6.07, 6.45) is 4.24. The van der Waals surface area contributed by atoms with Crippen molar-refractivity contribution in [3.05, 3.63) is 18.2 Å². The third-order valence-corrected chi connectivity index (χ3v) is 6.20. The van der Waals surface area contributed by atoms with Gasteiger partial charge in [-0.15, -0.1) is 0 Å². The number of aromatic amines is 1. The van der Waals surface area contributed by atoms with Crippen LogP contribution in [0.1, 0.15) is 60.1 Å². The zero-order chi connectivity index (χ0) is 26.0. The van der Waals surface area contributed by atoms with E-state index >= 15 is 0 Å². The number of rotatable bonds is 14. The van der Waals surface area contributed by atoms with Gasteiger partial charge in [0.1, 0.15) is 18.1 Å². The number of carbonyl (C=O) groups excluding carboxylic acids is 3. The minimum atomic E-state index is -1.14. The van der Waals surface area contributed by atoms with Crippen LogP contribution in [0.25, 0.3) is 0 Å². The molecule has 0 aromatic carbocycles. The average molecular weight is 481 g/mol. The predicted octanol–water partition coefficient (Wildman–Crippen LogP) is 0.567. The first kappa shape index (κ1) is 29.1. The summed E-state index contributed by atoms with van der Waals surface area (Å²) in [5, 5.41) is 17.5. The number of amides is 3. The van der Waals surface area contributed by atoms with Crippen molar-refractivity contribution in [3.63, 3.8) is 0 Å². The maximum Gasteiger partial charge on any atom is 0.326 e. The van der Waals surface area contributed by atoms with Gasteiger partial charge in [0, 0.05) is 18.3 Å². The summed E-state index contributed by atoms with van der Waals surface area (Å²) in [5.74, 6) is -3.49. The van der Waals surface area contributed by atoms with E-state index in [1.165, 1.54) is 12.5 Å². The number of nitrogens with two attached hydrogens (primary N) is 1. The van der Waals surface area contributed by atoms with E-state index in [1.807, 2.05) is 13.8 Å². The van der Waals surface area contributed by atoms with E-state index in [1.54, 1.807) is 27.7 Å². The highest BCUT2D eigenvalue weighted by molar-refractivity contribution is 5.94. The molecule has 192 valence electrons. The predicted molar refractivity (Wildman–Crippen MR) is 127 cm³/mol. The third kappa shape index (κ3) is 8.44. The molecule has 0 aliphatic rings. The summed E-state index contributed by atoms with van der Waals surface area (Å²) in [5.41, 5.74) is 6.56. The topological polar surface area (TPSA) is 179 Å². The lowest BCUT2D eigenvalue weighted by Gasteiger charge is -2.29. The van der Waals surface area contributed by atoms with Crippen LogP contribution in [0.2, 0.25) is 0 Å². The van der Waals surface area contributed by atoms with E-state index in [-0.39, 0.29) is 24.2 Å². The van der Waals surface area contributed by atoms with Crippen LogP contribution in [0.15, 0.2) is 12.5 Å². The molecule has 0 aliphatic heterocycles. The maximum atomic E-state index is 13.2. The molecular formula is C23H40N6O5. The molecule has 11 heteroatoms. The number of aromatic nitrogens is 2. The number of carboxylic acids is 1. The van der Waals surface area contributed by atoms with Crippen molar-refractivity contribution >= 4 is 23.7 Å². The smallest absolute Gasteiger partial charge is 0.326 e. The molecule has 34 heavy (non-hydrogen) atoms. The Hall–Kier alpha value is -2.95. The number of aliphatic carboxylic acids is 1. The Kier molecular flexibility index (Phi) is 11.7. The fourth-order valence-corrected chi connectivity index (χ4v) is 3.28. The summed E-state index contributed by atoms with van der Waals surface area (Å²) in [4.78, 5) is 57.4. The van der Waals surface area contributed by atoms with E-state index in [9.17, 15) is 24.3 Å². The minimum Gasteiger partial charge on any atom is -0.480 e. The van der Waals surface area contributed by atoms with Gasteiger partial charge in [0.25, 0.3) is 0 Å². The quantitative estimate of drug-likeness (QED) is 0.225. The molecule has 0 fully saturated rings. The molecule has 7 N–H and O–H groups in total. The number of nitrogens with one attached hydrogen (secondary N) is 4. The van der Waals surface area contributed by atoms with Crippen molar-refractivity contribution in [1.29, 1.82) is 0 Å². The molecule has 1 aromatic heterocycles. The Balaban J connectivity index is 3.11. The molecule has 0 saturated heterocycles. The van der Waals surface area contributed by atoms with Gasteiger partial charge in [0.05, 0.1) is 12.4 Å². The van der Waals surface area contributed by atoms with Gasteiger partial charge in [-0.2, -0.15) is 0 Å². The van der Waals surface area contributed by atoms with Crippen LogP contribution < -0.4 is 21.7 Å². The van der Waals surface area contributed by atoms with Gasteiger partial charge in [-0.05, 0) is 17.8 Å². The van der Waals surface area contributed by atoms with E-state index in [0.29, 0.717) is 18.5 Å². The van der Waals surface area contributed by atoms with Gasteiger partial charge in [0.2, 0.25) is 17.7 Å². The molecule has 0 bridgehead atoms.